The van der Waals surface area contributed by atoms with Gasteiger partial charge < -0.3 is 10.4 Å². The number of nitrogens with one attached hydrogen (secondary N) is 1. The minimum absolute atomic E-state index is 0.198. The van der Waals surface area contributed by atoms with Gasteiger partial charge in [0.1, 0.15) is 12.1 Å². The highest BCUT2D eigenvalue weighted by atomic mass is 16.3. The molecule has 4 heteroatoms. The third kappa shape index (κ3) is 1.88. The van der Waals surface area contributed by atoms with Gasteiger partial charge in [0.05, 0.1) is 11.2 Å². The van der Waals surface area contributed by atoms with Gasteiger partial charge >= 0.3 is 0 Å². The molecule has 1 heterocycles. The van der Waals surface area contributed by atoms with Gasteiger partial charge in [0, 0.05) is 24.2 Å². The lowest BCUT2D eigenvalue weighted by atomic mass is 10.2. The second-order valence-electron chi connectivity index (χ2n) is 3.12. The molecule has 15 heavy (non-hydrogen) atoms. The van der Waals surface area contributed by atoms with Crippen LogP contribution in [0, 0.1) is 0 Å². The Labute approximate surface area is 87.3 Å². The van der Waals surface area contributed by atoms with Gasteiger partial charge in [-0.05, 0) is 6.07 Å². The molecule has 0 atom stereocenters. The standard InChI is InChI=1S/C11H11N3O/c1-2-3-13-10-5-9(15)4-8-6-12-7-14-11(8)10/h2,4-7,13,15H,1,3H2. The highest BCUT2D eigenvalue weighted by Gasteiger charge is 2.03. The maximum Gasteiger partial charge on any atom is 0.118 e. The van der Waals surface area contributed by atoms with Gasteiger partial charge in [0.15, 0.2) is 0 Å². The van der Waals surface area contributed by atoms with Crippen LogP contribution in [-0.2, 0) is 0 Å². The Morgan fingerprint density at radius 2 is 2.33 bits per heavy atom. The Hall–Kier alpha value is -2.10. The molecule has 1 aromatic heterocycles. The molecule has 2 N–H and O–H groups in total. The zero-order valence-electron chi connectivity index (χ0n) is 8.14. The highest BCUT2D eigenvalue weighted by molar-refractivity contribution is 5.91. The zero-order valence-corrected chi connectivity index (χ0v) is 8.14. The number of hydrogen-bond acceptors (Lipinski definition) is 4. The van der Waals surface area contributed by atoms with E-state index in [4.69, 9.17) is 0 Å². The number of phenolic OH excluding ortho intramolecular Hbond substituents is 1. The fourth-order valence-corrected chi connectivity index (χ4v) is 1.41. The van der Waals surface area contributed by atoms with Crippen molar-refractivity contribution in [1.82, 2.24) is 9.97 Å². The number of anilines is 1. The van der Waals surface area contributed by atoms with Crippen molar-refractivity contribution in [3.63, 3.8) is 0 Å². The second-order valence-corrected chi connectivity index (χ2v) is 3.12. The maximum absolute atomic E-state index is 9.49. The molecule has 0 aliphatic rings. The predicted octanol–water partition coefficient (Wildman–Crippen LogP) is 1.93. The number of aromatic nitrogens is 2. The molecule has 0 aliphatic carbocycles. The fraction of sp³-hybridized carbons (Fsp3) is 0.0909. The van der Waals surface area contributed by atoms with Gasteiger partial charge in [-0.2, -0.15) is 0 Å². The van der Waals surface area contributed by atoms with E-state index in [2.05, 4.69) is 21.9 Å². The lowest BCUT2D eigenvalue weighted by Gasteiger charge is -2.07. The van der Waals surface area contributed by atoms with Crippen LogP contribution in [-0.4, -0.2) is 21.6 Å². The van der Waals surface area contributed by atoms with Crippen LogP contribution < -0.4 is 5.32 Å². The molecule has 76 valence electrons. The van der Waals surface area contributed by atoms with Crippen LogP contribution in [0.15, 0.2) is 37.3 Å². The Kier molecular flexibility index (Phi) is 2.49. The number of benzene rings is 1. The van der Waals surface area contributed by atoms with Crippen molar-refractivity contribution >= 4 is 16.6 Å². The van der Waals surface area contributed by atoms with Crippen LogP contribution in [0.2, 0.25) is 0 Å². The Bertz CT molecular complexity index is 496. The lowest BCUT2D eigenvalue weighted by molar-refractivity contribution is 0.476. The van der Waals surface area contributed by atoms with Gasteiger partial charge in [-0.3, -0.25) is 0 Å². The van der Waals surface area contributed by atoms with Crippen LogP contribution in [0.25, 0.3) is 10.9 Å². The fourth-order valence-electron chi connectivity index (χ4n) is 1.41. The smallest absolute Gasteiger partial charge is 0.118 e. The molecule has 0 unspecified atom stereocenters. The van der Waals surface area contributed by atoms with Crippen LogP contribution in [0.1, 0.15) is 0 Å². The highest BCUT2D eigenvalue weighted by Crippen LogP contribution is 2.26. The summed E-state index contributed by atoms with van der Waals surface area (Å²) in [5.41, 5.74) is 1.58. The number of rotatable bonds is 3. The summed E-state index contributed by atoms with van der Waals surface area (Å²) < 4.78 is 0. The third-order valence-corrected chi connectivity index (χ3v) is 2.03. The van der Waals surface area contributed by atoms with E-state index >= 15 is 0 Å². The van der Waals surface area contributed by atoms with Crippen LogP contribution in [0.4, 0.5) is 5.69 Å². The average molecular weight is 201 g/mol. The van der Waals surface area contributed by atoms with Gasteiger partial charge in [-0.1, -0.05) is 6.08 Å². The van der Waals surface area contributed by atoms with Crippen LogP contribution >= 0.6 is 0 Å². The van der Waals surface area contributed by atoms with Crippen molar-refractivity contribution in [2.75, 3.05) is 11.9 Å². The minimum Gasteiger partial charge on any atom is -0.508 e. The Morgan fingerprint density at radius 1 is 1.47 bits per heavy atom. The zero-order chi connectivity index (χ0) is 10.7. The molecule has 4 nitrogen and oxygen atoms in total. The first-order chi connectivity index (χ1) is 7.31. The SMILES string of the molecule is C=CCNc1cc(O)cc2cncnc12. The summed E-state index contributed by atoms with van der Waals surface area (Å²) in [5, 5.41) is 13.4. The van der Waals surface area contributed by atoms with Crippen molar-refractivity contribution < 1.29 is 5.11 Å². The number of nitrogens with zero attached hydrogens (tertiary/aromatic N) is 2. The molecule has 0 saturated heterocycles. The number of fused-ring (bicyclic) bond motifs is 1. The van der Waals surface area contributed by atoms with Crippen molar-refractivity contribution in [2.45, 2.75) is 0 Å². The van der Waals surface area contributed by atoms with Crippen molar-refractivity contribution in [3.05, 3.63) is 37.3 Å². The van der Waals surface area contributed by atoms with Crippen molar-refractivity contribution in [1.29, 1.82) is 0 Å². The van der Waals surface area contributed by atoms with Crippen LogP contribution in [0.3, 0.4) is 0 Å². The second kappa shape index (κ2) is 3.96. The topological polar surface area (TPSA) is 58.0 Å². The molecule has 0 spiro atoms. The summed E-state index contributed by atoms with van der Waals surface area (Å²) in [7, 11) is 0. The van der Waals surface area contributed by atoms with Gasteiger partial charge in [0.2, 0.25) is 0 Å². The molecule has 0 saturated carbocycles. The molecule has 0 fully saturated rings. The van der Waals surface area contributed by atoms with E-state index in [9.17, 15) is 5.11 Å². The maximum atomic E-state index is 9.49. The van der Waals surface area contributed by atoms with E-state index in [-0.39, 0.29) is 5.75 Å². The first-order valence-corrected chi connectivity index (χ1v) is 4.59. The van der Waals surface area contributed by atoms with Crippen molar-refractivity contribution in [3.8, 4) is 5.75 Å². The van der Waals surface area contributed by atoms with Gasteiger partial charge in [-0.25, -0.2) is 9.97 Å². The molecule has 0 amide bonds. The number of phenols is 1. The summed E-state index contributed by atoms with van der Waals surface area (Å²) in [4.78, 5) is 8.06. The van der Waals surface area contributed by atoms with Crippen LogP contribution in [0.5, 0.6) is 5.75 Å². The quantitative estimate of drug-likeness (QED) is 0.745. The summed E-state index contributed by atoms with van der Waals surface area (Å²) in [6.07, 6.45) is 4.90. The Balaban J connectivity index is 2.55. The van der Waals surface area contributed by atoms with E-state index in [1.165, 1.54) is 6.33 Å². The monoisotopic (exact) mass is 201 g/mol. The van der Waals surface area contributed by atoms with E-state index < -0.39 is 0 Å². The van der Waals surface area contributed by atoms with E-state index in [0.29, 0.717) is 6.54 Å². The lowest BCUT2D eigenvalue weighted by Crippen LogP contribution is -1.99. The molecule has 0 radical (unpaired) electrons. The molecule has 1 aromatic carbocycles. The van der Waals surface area contributed by atoms with E-state index in [0.717, 1.165) is 16.6 Å². The Morgan fingerprint density at radius 3 is 3.13 bits per heavy atom. The number of hydrogen-bond donors (Lipinski definition) is 2. The molecule has 2 aromatic rings. The molecule has 0 bridgehead atoms. The van der Waals surface area contributed by atoms with E-state index in [1.807, 2.05) is 0 Å². The first-order valence-electron chi connectivity index (χ1n) is 4.59. The predicted molar refractivity (Wildman–Crippen MR) is 59.9 cm³/mol. The molecular formula is C11H11N3O. The third-order valence-electron chi connectivity index (χ3n) is 2.03. The van der Waals surface area contributed by atoms with Gasteiger partial charge in [-0.15, -0.1) is 6.58 Å². The molecular weight excluding hydrogens is 190 g/mol. The largest absolute Gasteiger partial charge is 0.508 e. The summed E-state index contributed by atoms with van der Waals surface area (Å²) in [6.45, 7) is 4.25. The summed E-state index contributed by atoms with van der Waals surface area (Å²) in [6, 6.07) is 3.27. The minimum atomic E-state index is 0.198. The molecule has 2 rings (SSSR count). The van der Waals surface area contributed by atoms with E-state index in [1.54, 1.807) is 24.4 Å². The normalized spacial score (nSPS) is 10.1. The van der Waals surface area contributed by atoms with Crippen molar-refractivity contribution in [2.24, 2.45) is 0 Å². The summed E-state index contributed by atoms with van der Waals surface area (Å²) in [5.74, 6) is 0.198. The average Bonchev–Trinajstić information content (AvgIpc) is 2.25. The number of aromatic hydroxyl groups is 1. The van der Waals surface area contributed by atoms with Gasteiger partial charge in [0.25, 0.3) is 0 Å². The first kappa shape index (κ1) is 9.45. The molecule has 0 aliphatic heterocycles. The summed E-state index contributed by atoms with van der Waals surface area (Å²) >= 11 is 0.